The minimum atomic E-state index is 0.611. The molecule has 1 aromatic carbocycles. The van der Waals surface area contributed by atoms with Crippen molar-refractivity contribution >= 4 is 34.1 Å². The van der Waals surface area contributed by atoms with Crippen molar-refractivity contribution in [3.05, 3.63) is 52.4 Å². The first kappa shape index (κ1) is 29.2. The van der Waals surface area contributed by atoms with E-state index in [1.807, 2.05) is 40.3 Å². The summed E-state index contributed by atoms with van der Waals surface area (Å²) in [7, 11) is 1.68. The van der Waals surface area contributed by atoms with Gasteiger partial charge in [0.1, 0.15) is 12.3 Å². The van der Waals surface area contributed by atoms with E-state index in [0.717, 1.165) is 41.6 Å². The maximum atomic E-state index is 5.54. The van der Waals surface area contributed by atoms with Crippen LogP contribution in [-0.4, -0.2) is 43.1 Å². The third-order valence-corrected chi connectivity index (χ3v) is 8.56. The number of thiophene rings is 1. The number of fused-ring (bicyclic) bond motifs is 1. The second-order valence-electron chi connectivity index (χ2n) is 10.5. The van der Waals surface area contributed by atoms with Gasteiger partial charge in [-0.25, -0.2) is 0 Å². The summed E-state index contributed by atoms with van der Waals surface area (Å²) in [6, 6.07) is 12.5. The number of nitrogens with zero attached hydrogens (tertiary/aromatic N) is 5. The fourth-order valence-electron chi connectivity index (χ4n) is 5.20. The Morgan fingerprint density at radius 1 is 0.821 bits per heavy atom. The van der Waals surface area contributed by atoms with Gasteiger partial charge in [-0.15, -0.1) is 16.5 Å². The van der Waals surface area contributed by atoms with Crippen LogP contribution in [0.25, 0.3) is 6.08 Å². The molecule has 2 aromatic rings. The van der Waals surface area contributed by atoms with Crippen LogP contribution in [0.3, 0.4) is 0 Å². The number of anilines is 1. The largest absolute Gasteiger partial charge is 0.496 e. The molecule has 4 rings (SSSR count). The molecule has 6 nitrogen and oxygen atoms in total. The summed E-state index contributed by atoms with van der Waals surface area (Å²) < 4.78 is 7.40. The number of unbranched alkanes of at least 4 members (excludes halogenated alkanes) is 10. The molecule has 0 aliphatic carbocycles. The molecule has 1 aromatic heterocycles. The molecule has 0 saturated heterocycles. The van der Waals surface area contributed by atoms with Crippen molar-refractivity contribution < 1.29 is 9.43 Å². The van der Waals surface area contributed by atoms with Crippen molar-refractivity contribution in [3.8, 4) is 5.75 Å². The number of methoxy groups -OCH3 is 1. The lowest BCUT2D eigenvalue weighted by atomic mass is 10.1. The Morgan fingerprint density at radius 2 is 1.46 bits per heavy atom. The van der Waals surface area contributed by atoms with Crippen LogP contribution >= 0.6 is 11.3 Å². The third-order valence-electron chi connectivity index (χ3n) is 7.46. The van der Waals surface area contributed by atoms with Crippen molar-refractivity contribution in [3.63, 3.8) is 0 Å². The zero-order chi connectivity index (χ0) is 27.3. The summed E-state index contributed by atoms with van der Waals surface area (Å²) in [5.41, 5.74) is 2.01. The minimum absolute atomic E-state index is 0.611. The first-order chi connectivity index (χ1) is 19.2. The predicted molar refractivity (Wildman–Crippen MR) is 166 cm³/mol. The van der Waals surface area contributed by atoms with E-state index in [1.165, 1.54) is 86.9 Å². The van der Waals surface area contributed by atoms with E-state index < -0.39 is 0 Å². The molecule has 0 fully saturated rings. The molecule has 0 saturated carbocycles. The van der Waals surface area contributed by atoms with Gasteiger partial charge in [0.2, 0.25) is 0 Å². The topological polar surface area (TPSA) is 52.6 Å². The van der Waals surface area contributed by atoms with Gasteiger partial charge in [-0.1, -0.05) is 94.9 Å². The van der Waals surface area contributed by atoms with E-state index in [1.54, 1.807) is 7.11 Å². The smallest absolute Gasteiger partial charge is 0.340 e. The highest BCUT2D eigenvalue weighted by Crippen LogP contribution is 2.31. The third kappa shape index (κ3) is 8.10. The van der Waals surface area contributed by atoms with Crippen LogP contribution in [-0.2, 0) is 0 Å². The Hall–Kier alpha value is -2.80. The molecule has 0 radical (unpaired) electrons. The number of azo groups is 2. The molecule has 7 heteroatoms. The van der Waals surface area contributed by atoms with Gasteiger partial charge in [0.15, 0.2) is 0 Å². The maximum Gasteiger partial charge on any atom is 0.340 e. The highest BCUT2D eigenvalue weighted by atomic mass is 32.1. The number of benzene rings is 1. The normalized spacial score (nSPS) is 15.4. The van der Waals surface area contributed by atoms with E-state index in [2.05, 4.69) is 47.2 Å². The van der Waals surface area contributed by atoms with Crippen LogP contribution in [0.1, 0.15) is 101 Å². The summed E-state index contributed by atoms with van der Waals surface area (Å²) in [5.74, 6) is 2.32. The standard InChI is InChI=1S/C32H46N5OS/c1-4-6-8-10-12-16-22-36(23-17-13-11-9-7-5-2)30-21-20-27(39-30)24-26-25-33-37-31(26)34-35-32(37)28-18-14-15-19-29(28)38-3/h14-15,18-21,24H,4-13,16-17,22-23,25H2,1-3H3/q+1/b26-24+. The molecule has 3 heterocycles. The van der Waals surface area contributed by atoms with Crippen molar-refractivity contribution in [2.24, 2.45) is 15.3 Å². The molecular formula is C32H46N5OS+. The molecule has 0 amide bonds. The Bertz CT molecular complexity index is 1160. The number of amidine groups is 2. The van der Waals surface area contributed by atoms with Crippen LogP contribution in [0, 0.1) is 0 Å². The van der Waals surface area contributed by atoms with Crippen LogP contribution in [0.15, 0.2) is 57.3 Å². The van der Waals surface area contributed by atoms with E-state index >= 15 is 0 Å². The molecule has 39 heavy (non-hydrogen) atoms. The first-order valence-electron chi connectivity index (χ1n) is 15.1. The number of hydrogen-bond donors (Lipinski definition) is 0. The summed E-state index contributed by atoms with van der Waals surface area (Å²) in [6.45, 7) is 7.50. The van der Waals surface area contributed by atoms with Gasteiger partial charge in [0, 0.05) is 18.0 Å². The van der Waals surface area contributed by atoms with Gasteiger partial charge in [-0.2, -0.15) is 0 Å². The highest BCUT2D eigenvalue weighted by molar-refractivity contribution is 7.16. The van der Waals surface area contributed by atoms with Gasteiger partial charge < -0.3 is 9.64 Å². The molecule has 210 valence electrons. The van der Waals surface area contributed by atoms with Gasteiger partial charge >= 0.3 is 11.7 Å². The van der Waals surface area contributed by atoms with Gasteiger partial charge in [0.05, 0.1) is 33.5 Å². The molecule has 2 aliphatic heterocycles. The minimum Gasteiger partial charge on any atom is -0.496 e. The van der Waals surface area contributed by atoms with Crippen molar-refractivity contribution in [2.75, 3.05) is 31.6 Å². The Labute approximate surface area is 239 Å². The van der Waals surface area contributed by atoms with Crippen LogP contribution in [0.4, 0.5) is 5.00 Å². The quantitative estimate of drug-likeness (QED) is 0.138. The van der Waals surface area contributed by atoms with E-state index in [-0.39, 0.29) is 0 Å². The molecular weight excluding hydrogens is 502 g/mol. The summed E-state index contributed by atoms with van der Waals surface area (Å²) >= 11 is 1.89. The lowest BCUT2D eigenvalue weighted by Gasteiger charge is -2.23. The van der Waals surface area contributed by atoms with E-state index in [0.29, 0.717) is 6.54 Å². The molecule has 2 aliphatic rings. The fourth-order valence-corrected chi connectivity index (χ4v) is 6.23. The second-order valence-corrected chi connectivity index (χ2v) is 11.6. The van der Waals surface area contributed by atoms with Crippen LogP contribution in [0.5, 0.6) is 5.75 Å². The molecule has 0 unspecified atom stereocenters. The fraction of sp³-hybridized carbons (Fsp3) is 0.562. The lowest BCUT2D eigenvalue weighted by Crippen LogP contribution is -2.24. The Balaban J connectivity index is 1.38. The van der Waals surface area contributed by atoms with Crippen LogP contribution in [0.2, 0.25) is 0 Å². The summed E-state index contributed by atoms with van der Waals surface area (Å²) in [5, 5.41) is 15.1. The Morgan fingerprint density at radius 3 is 2.15 bits per heavy atom. The van der Waals surface area contributed by atoms with Crippen molar-refractivity contribution in [1.29, 1.82) is 0 Å². The Kier molecular flexibility index (Phi) is 11.8. The molecule has 0 spiro atoms. The molecule has 0 N–H and O–H groups in total. The van der Waals surface area contributed by atoms with Crippen molar-refractivity contribution in [2.45, 2.75) is 90.9 Å². The number of hydrogen-bond acceptors (Lipinski definition) is 6. The highest BCUT2D eigenvalue weighted by Gasteiger charge is 2.39. The van der Waals surface area contributed by atoms with Gasteiger partial charge in [0.25, 0.3) is 0 Å². The molecule has 0 atom stereocenters. The average Bonchev–Trinajstić information content (AvgIpc) is 3.69. The van der Waals surface area contributed by atoms with E-state index in [4.69, 9.17) is 9.85 Å². The van der Waals surface area contributed by atoms with Gasteiger partial charge in [-0.3, -0.25) is 0 Å². The zero-order valence-electron chi connectivity index (χ0n) is 24.2. The first-order valence-corrected chi connectivity index (χ1v) is 15.9. The van der Waals surface area contributed by atoms with E-state index in [9.17, 15) is 0 Å². The maximum absolute atomic E-state index is 5.54. The predicted octanol–water partition coefficient (Wildman–Crippen LogP) is 8.92. The zero-order valence-corrected chi connectivity index (χ0v) is 25.0. The summed E-state index contributed by atoms with van der Waals surface area (Å²) in [6.07, 6.45) is 18.3. The second kappa shape index (κ2) is 15.7. The van der Waals surface area contributed by atoms with Crippen LogP contribution < -0.4 is 9.64 Å². The average molecular weight is 549 g/mol. The number of rotatable bonds is 18. The lowest BCUT2D eigenvalue weighted by molar-refractivity contribution is -0.341. The summed E-state index contributed by atoms with van der Waals surface area (Å²) in [4.78, 5) is 3.88. The van der Waals surface area contributed by atoms with Gasteiger partial charge in [-0.05, 0) is 43.2 Å². The number of para-hydroxylation sites is 1. The number of ether oxygens (including phenoxy) is 1. The monoisotopic (exact) mass is 548 g/mol. The van der Waals surface area contributed by atoms with Crippen molar-refractivity contribution in [1.82, 2.24) is 0 Å². The molecule has 0 bridgehead atoms. The SMILES string of the molecule is CCCCCCCCN(CCCCCCCC)c1ccc(/C=C2\CN=[N+]3C2=NN=C3c2ccccc2OC)s1.